The lowest BCUT2D eigenvalue weighted by molar-refractivity contribution is -0.120. The molecule has 0 radical (unpaired) electrons. The van der Waals surface area contributed by atoms with E-state index in [1.54, 1.807) is 7.11 Å². The van der Waals surface area contributed by atoms with Gasteiger partial charge in [-0.2, -0.15) is 0 Å². The number of ketones is 1. The minimum atomic E-state index is 0. The number of rotatable bonds is 5. The fourth-order valence-corrected chi connectivity index (χ4v) is 2.04. The van der Waals surface area contributed by atoms with Crippen molar-refractivity contribution in [2.75, 3.05) is 40.0 Å². The number of ether oxygens (including phenoxy) is 2. The first kappa shape index (κ1) is 16.0. The maximum atomic E-state index is 11.9. The Bertz CT molecular complexity index is 388. The van der Waals surface area contributed by atoms with Gasteiger partial charge in [0.25, 0.3) is 0 Å². The highest BCUT2D eigenvalue weighted by Crippen LogP contribution is 2.12. The van der Waals surface area contributed by atoms with Gasteiger partial charge in [-0.05, 0) is 17.7 Å². The van der Waals surface area contributed by atoms with Crippen LogP contribution in [0.15, 0.2) is 24.3 Å². The second-order valence-corrected chi connectivity index (χ2v) is 4.45. The molecule has 1 aromatic carbocycles. The number of benzene rings is 1. The summed E-state index contributed by atoms with van der Waals surface area (Å²) < 4.78 is 10.3. The van der Waals surface area contributed by atoms with Crippen molar-refractivity contribution in [1.82, 2.24) is 4.90 Å². The molecule has 0 amide bonds. The van der Waals surface area contributed by atoms with Crippen LogP contribution >= 0.6 is 12.4 Å². The van der Waals surface area contributed by atoms with E-state index in [1.165, 1.54) is 0 Å². The lowest BCUT2D eigenvalue weighted by Gasteiger charge is -2.25. The number of Topliss-reactive ketones (excluding diaryl/α,β-unsaturated/α-hetero) is 1. The Kier molecular flexibility index (Phi) is 6.84. The maximum absolute atomic E-state index is 11.9. The normalized spacial score (nSPS) is 15.6. The zero-order chi connectivity index (χ0) is 12.8. The largest absolute Gasteiger partial charge is 0.497 e. The number of halogens is 1. The van der Waals surface area contributed by atoms with Crippen LogP contribution in [0.5, 0.6) is 5.75 Å². The van der Waals surface area contributed by atoms with Crippen LogP contribution in [0, 0.1) is 0 Å². The third kappa shape index (κ3) is 5.19. The summed E-state index contributed by atoms with van der Waals surface area (Å²) in [5.74, 6) is 1.07. The van der Waals surface area contributed by atoms with Crippen molar-refractivity contribution in [3.8, 4) is 5.75 Å². The van der Waals surface area contributed by atoms with Crippen LogP contribution in [0.2, 0.25) is 0 Å². The maximum Gasteiger partial charge on any atom is 0.151 e. The lowest BCUT2D eigenvalue weighted by Crippen LogP contribution is -2.39. The Morgan fingerprint density at radius 2 is 1.89 bits per heavy atom. The van der Waals surface area contributed by atoms with Gasteiger partial charge in [0.05, 0.1) is 26.9 Å². The summed E-state index contributed by atoms with van der Waals surface area (Å²) in [5, 5.41) is 0. The molecule has 1 fully saturated rings. The van der Waals surface area contributed by atoms with Crippen LogP contribution in [0.3, 0.4) is 0 Å². The van der Waals surface area contributed by atoms with Crippen LogP contribution in [-0.4, -0.2) is 50.6 Å². The molecule has 1 aliphatic rings. The monoisotopic (exact) mass is 285 g/mol. The Labute approximate surface area is 120 Å². The van der Waals surface area contributed by atoms with Crippen molar-refractivity contribution in [3.05, 3.63) is 29.8 Å². The highest BCUT2D eigenvalue weighted by molar-refractivity contribution is 5.85. The predicted octanol–water partition coefficient (Wildman–Crippen LogP) is 1.56. The van der Waals surface area contributed by atoms with Crippen molar-refractivity contribution >= 4 is 18.2 Å². The molecule has 19 heavy (non-hydrogen) atoms. The van der Waals surface area contributed by atoms with Gasteiger partial charge in [0.2, 0.25) is 0 Å². The topological polar surface area (TPSA) is 38.8 Å². The first-order valence-electron chi connectivity index (χ1n) is 6.22. The SMILES string of the molecule is COc1ccc(CC(=O)CN2CCOCC2)cc1.Cl. The fourth-order valence-electron chi connectivity index (χ4n) is 2.04. The molecule has 106 valence electrons. The van der Waals surface area contributed by atoms with E-state index in [2.05, 4.69) is 4.90 Å². The fraction of sp³-hybridized carbons (Fsp3) is 0.500. The van der Waals surface area contributed by atoms with E-state index >= 15 is 0 Å². The molecular formula is C14H20ClNO3. The van der Waals surface area contributed by atoms with Crippen LogP contribution in [0.4, 0.5) is 0 Å². The van der Waals surface area contributed by atoms with Gasteiger partial charge in [0.15, 0.2) is 5.78 Å². The van der Waals surface area contributed by atoms with Gasteiger partial charge in [-0.15, -0.1) is 12.4 Å². The molecule has 4 nitrogen and oxygen atoms in total. The van der Waals surface area contributed by atoms with E-state index in [9.17, 15) is 4.79 Å². The van der Waals surface area contributed by atoms with Gasteiger partial charge in [-0.1, -0.05) is 12.1 Å². The van der Waals surface area contributed by atoms with Gasteiger partial charge in [0.1, 0.15) is 5.75 Å². The van der Waals surface area contributed by atoms with Gasteiger partial charge in [-0.3, -0.25) is 9.69 Å². The van der Waals surface area contributed by atoms with Gasteiger partial charge >= 0.3 is 0 Å². The van der Waals surface area contributed by atoms with E-state index in [4.69, 9.17) is 9.47 Å². The Balaban J connectivity index is 0.00000180. The quantitative estimate of drug-likeness (QED) is 0.823. The van der Waals surface area contributed by atoms with E-state index in [0.29, 0.717) is 13.0 Å². The molecule has 0 N–H and O–H groups in total. The minimum absolute atomic E-state index is 0. The third-order valence-corrected chi connectivity index (χ3v) is 3.06. The summed E-state index contributed by atoms with van der Waals surface area (Å²) in [7, 11) is 1.64. The second-order valence-electron chi connectivity index (χ2n) is 4.45. The Morgan fingerprint density at radius 3 is 2.47 bits per heavy atom. The number of nitrogens with zero attached hydrogens (tertiary/aromatic N) is 1. The number of morpholine rings is 1. The van der Waals surface area contributed by atoms with Crippen LogP contribution in [0.1, 0.15) is 5.56 Å². The van der Waals surface area contributed by atoms with Crippen LogP contribution in [-0.2, 0) is 16.0 Å². The number of carbonyl (C=O) groups excluding carboxylic acids is 1. The predicted molar refractivity (Wildman–Crippen MR) is 76.2 cm³/mol. The first-order valence-corrected chi connectivity index (χ1v) is 6.22. The van der Waals surface area contributed by atoms with Crippen molar-refractivity contribution in [2.45, 2.75) is 6.42 Å². The van der Waals surface area contributed by atoms with E-state index in [1.807, 2.05) is 24.3 Å². The summed E-state index contributed by atoms with van der Waals surface area (Å²) in [5.41, 5.74) is 1.04. The molecule has 1 aliphatic heterocycles. The molecule has 0 aliphatic carbocycles. The van der Waals surface area contributed by atoms with Crippen LogP contribution < -0.4 is 4.74 Å². The van der Waals surface area contributed by atoms with E-state index in [-0.39, 0.29) is 18.2 Å². The van der Waals surface area contributed by atoms with Crippen molar-refractivity contribution in [3.63, 3.8) is 0 Å². The lowest BCUT2D eigenvalue weighted by atomic mass is 10.1. The van der Waals surface area contributed by atoms with Gasteiger partial charge in [-0.25, -0.2) is 0 Å². The first-order chi connectivity index (χ1) is 8.78. The smallest absolute Gasteiger partial charge is 0.151 e. The molecule has 0 aromatic heterocycles. The Morgan fingerprint density at radius 1 is 1.26 bits per heavy atom. The average molecular weight is 286 g/mol. The van der Waals surface area contributed by atoms with E-state index in [0.717, 1.165) is 37.6 Å². The number of hydrogen-bond donors (Lipinski definition) is 0. The highest BCUT2D eigenvalue weighted by Gasteiger charge is 2.14. The average Bonchev–Trinajstić information content (AvgIpc) is 2.40. The van der Waals surface area contributed by atoms with Crippen molar-refractivity contribution in [2.24, 2.45) is 0 Å². The molecule has 0 spiro atoms. The molecule has 0 atom stereocenters. The van der Waals surface area contributed by atoms with E-state index < -0.39 is 0 Å². The number of methoxy groups -OCH3 is 1. The molecule has 2 rings (SSSR count). The van der Waals surface area contributed by atoms with Crippen LogP contribution in [0.25, 0.3) is 0 Å². The number of hydrogen-bond acceptors (Lipinski definition) is 4. The minimum Gasteiger partial charge on any atom is -0.497 e. The number of carbonyl (C=O) groups is 1. The zero-order valence-electron chi connectivity index (χ0n) is 11.1. The molecule has 1 saturated heterocycles. The zero-order valence-corrected chi connectivity index (χ0v) is 11.9. The molecule has 5 heteroatoms. The molecular weight excluding hydrogens is 266 g/mol. The summed E-state index contributed by atoms with van der Waals surface area (Å²) in [6, 6.07) is 7.65. The standard InChI is InChI=1S/C14H19NO3.ClH/c1-17-14-4-2-12(3-5-14)10-13(16)11-15-6-8-18-9-7-15;/h2-5H,6-11H2,1H3;1H. The highest BCUT2D eigenvalue weighted by atomic mass is 35.5. The van der Waals surface area contributed by atoms with Crippen molar-refractivity contribution in [1.29, 1.82) is 0 Å². The summed E-state index contributed by atoms with van der Waals surface area (Å²) >= 11 is 0. The third-order valence-electron chi connectivity index (χ3n) is 3.06. The molecule has 1 heterocycles. The van der Waals surface area contributed by atoms with Gasteiger partial charge < -0.3 is 9.47 Å². The molecule has 1 aromatic rings. The molecule has 0 bridgehead atoms. The summed E-state index contributed by atoms with van der Waals surface area (Å²) in [6.07, 6.45) is 0.487. The summed E-state index contributed by atoms with van der Waals surface area (Å²) in [4.78, 5) is 14.1. The van der Waals surface area contributed by atoms with Gasteiger partial charge in [0, 0.05) is 19.5 Å². The van der Waals surface area contributed by atoms with Crippen molar-refractivity contribution < 1.29 is 14.3 Å². The molecule has 0 unspecified atom stereocenters. The summed E-state index contributed by atoms with van der Waals surface area (Å²) in [6.45, 7) is 3.70. The Hall–Kier alpha value is -1.10. The molecule has 0 saturated carbocycles. The second kappa shape index (κ2) is 8.15.